The van der Waals surface area contributed by atoms with Crippen LogP contribution in [0.15, 0.2) is 224 Å². The maximum Gasteiger partial charge on any atom is 0.0540 e. The first kappa shape index (κ1) is 32.9. The van der Waals surface area contributed by atoms with Gasteiger partial charge in [-0.05, 0) is 124 Å². The van der Waals surface area contributed by atoms with Crippen LogP contribution in [0.4, 0.5) is 17.1 Å². The topological polar surface area (TPSA) is 3.24 Å². The molecule has 0 aromatic heterocycles. The highest BCUT2D eigenvalue weighted by atomic mass is 15.1. The number of benzene rings is 11. The van der Waals surface area contributed by atoms with Crippen LogP contribution < -0.4 is 4.90 Å². The lowest BCUT2D eigenvalue weighted by Crippen LogP contribution is -2.11. The van der Waals surface area contributed by atoms with Crippen molar-refractivity contribution >= 4 is 70.9 Å². The van der Waals surface area contributed by atoms with Gasteiger partial charge in [-0.15, -0.1) is 0 Å². The van der Waals surface area contributed by atoms with Crippen LogP contribution in [0.25, 0.3) is 87.2 Å². The molecule has 0 bridgehead atoms. The quantitative estimate of drug-likeness (QED) is 0.154. The van der Waals surface area contributed by atoms with Gasteiger partial charge in [0.15, 0.2) is 0 Å². The van der Waals surface area contributed by atoms with Crippen LogP contribution in [-0.4, -0.2) is 0 Å². The Morgan fingerprint density at radius 1 is 0.246 bits per heavy atom. The molecule has 0 aliphatic carbocycles. The molecule has 0 aliphatic heterocycles. The van der Waals surface area contributed by atoms with Gasteiger partial charge in [-0.2, -0.15) is 0 Å². The van der Waals surface area contributed by atoms with E-state index in [1.807, 2.05) is 0 Å². The van der Waals surface area contributed by atoms with Crippen LogP contribution in [0.5, 0.6) is 0 Å². The molecule has 57 heavy (non-hydrogen) atoms. The highest BCUT2D eigenvalue weighted by Gasteiger charge is 2.19. The normalized spacial score (nSPS) is 11.5. The van der Waals surface area contributed by atoms with Crippen LogP contribution in [0.2, 0.25) is 0 Å². The molecule has 0 heterocycles. The standard InChI is InChI=1S/C56H37N/c1-2-14-38(15-3-1)48-21-12-13-25-55(48)57(44-31-26-40(27-32-44)53-36-42-17-5-7-19-46(42)50-23-10-11-24-51(50)53)45-33-28-41(29-34-45)54-37-43-18-6-8-20-47(43)52-35-30-39-16-4-9-22-49(39)56(52)54/h1-37H. The lowest BCUT2D eigenvalue weighted by Gasteiger charge is -2.28. The number of fused-ring (bicyclic) bond motifs is 8. The summed E-state index contributed by atoms with van der Waals surface area (Å²) >= 11 is 0. The van der Waals surface area contributed by atoms with Crippen molar-refractivity contribution in [3.05, 3.63) is 224 Å². The van der Waals surface area contributed by atoms with Crippen LogP contribution in [0, 0.1) is 0 Å². The molecule has 11 rings (SSSR count). The maximum absolute atomic E-state index is 2.41. The molecule has 0 aliphatic rings. The number of nitrogens with zero attached hydrogens (tertiary/aromatic N) is 1. The number of para-hydroxylation sites is 1. The molecule has 0 fully saturated rings. The van der Waals surface area contributed by atoms with Crippen molar-refractivity contribution in [1.29, 1.82) is 0 Å². The molecule has 11 aromatic carbocycles. The van der Waals surface area contributed by atoms with Gasteiger partial charge in [-0.3, -0.25) is 0 Å². The zero-order chi connectivity index (χ0) is 37.7. The van der Waals surface area contributed by atoms with E-state index < -0.39 is 0 Å². The second-order valence-corrected chi connectivity index (χ2v) is 14.9. The first-order valence-corrected chi connectivity index (χ1v) is 19.7. The predicted molar refractivity (Wildman–Crippen MR) is 245 cm³/mol. The van der Waals surface area contributed by atoms with E-state index in [0.717, 1.165) is 17.1 Å². The summed E-state index contributed by atoms with van der Waals surface area (Å²) in [4.78, 5) is 2.41. The Labute approximate surface area is 332 Å². The van der Waals surface area contributed by atoms with E-state index in [2.05, 4.69) is 229 Å². The SMILES string of the molecule is c1ccc(-c2ccccc2N(c2ccc(-c3cc4ccccc4c4ccccc34)cc2)c2ccc(-c3cc4ccccc4c4ccc5ccccc5c34)cc2)cc1. The van der Waals surface area contributed by atoms with Gasteiger partial charge in [0.25, 0.3) is 0 Å². The zero-order valence-electron chi connectivity index (χ0n) is 31.3. The Bertz CT molecular complexity index is 3270. The summed E-state index contributed by atoms with van der Waals surface area (Å²) in [5.41, 5.74) is 10.6. The van der Waals surface area contributed by atoms with Crippen molar-refractivity contribution in [3.8, 4) is 33.4 Å². The zero-order valence-corrected chi connectivity index (χ0v) is 31.3. The molecule has 0 amide bonds. The molecule has 1 nitrogen and oxygen atoms in total. The lowest BCUT2D eigenvalue weighted by molar-refractivity contribution is 1.28. The third-order valence-electron chi connectivity index (χ3n) is 11.6. The van der Waals surface area contributed by atoms with Crippen LogP contribution in [0.1, 0.15) is 0 Å². The summed E-state index contributed by atoms with van der Waals surface area (Å²) in [5, 5.41) is 12.7. The Morgan fingerprint density at radius 2 is 0.719 bits per heavy atom. The minimum atomic E-state index is 1.10. The van der Waals surface area contributed by atoms with Crippen molar-refractivity contribution < 1.29 is 0 Å². The van der Waals surface area contributed by atoms with E-state index in [1.54, 1.807) is 0 Å². The molecule has 0 N–H and O–H groups in total. The van der Waals surface area contributed by atoms with Gasteiger partial charge in [0.05, 0.1) is 5.69 Å². The van der Waals surface area contributed by atoms with Crippen molar-refractivity contribution in [1.82, 2.24) is 0 Å². The molecular weight excluding hydrogens is 687 g/mol. The molecule has 0 saturated heterocycles. The monoisotopic (exact) mass is 723 g/mol. The minimum Gasteiger partial charge on any atom is -0.310 e. The summed E-state index contributed by atoms with van der Waals surface area (Å²) in [7, 11) is 0. The molecule has 1 heteroatoms. The summed E-state index contributed by atoms with van der Waals surface area (Å²) in [6.07, 6.45) is 0. The number of hydrogen-bond acceptors (Lipinski definition) is 1. The van der Waals surface area contributed by atoms with E-state index in [9.17, 15) is 0 Å². The second-order valence-electron chi connectivity index (χ2n) is 14.9. The average Bonchev–Trinajstić information content (AvgIpc) is 3.29. The van der Waals surface area contributed by atoms with E-state index in [0.29, 0.717) is 0 Å². The predicted octanol–water partition coefficient (Wildman–Crippen LogP) is 15.9. The first-order valence-electron chi connectivity index (χ1n) is 19.7. The van der Waals surface area contributed by atoms with E-state index in [4.69, 9.17) is 0 Å². The van der Waals surface area contributed by atoms with Crippen molar-refractivity contribution in [3.63, 3.8) is 0 Å². The third-order valence-corrected chi connectivity index (χ3v) is 11.6. The second kappa shape index (κ2) is 13.7. The van der Waals surface area contributed by atoms with Crippen molar-refractivity contribution in [2.75, 3.05) is 4.90 Å². The molecule has 266 valence electrons. The van der Waals surface area contributed by atoms with Crippen LogP contribution in [-0.2, 0) is 0 Å². The Hall–Kier alpha value is -7.48. The van der Waals surface area contributed by atoms with Gasteiger partial charge < -0.3 is 4.90 Å². The molecule has 0 spiro atoms. The minimum absolute atomic E-state index is 1.10. The van der Waals surface area contributed by atoms with Crippen LogP contribution in [0.3, 0.4) is 0 Å². The van der Waals surface area contributed by atoms with Gasteiger partial charge in [0, 0.05) is 16.9 Å². The largest absolute Gasteiger partial charge is 0.310 e. The fraction of sp³-hybridized carbons (Fsp3) is 0. The fourth-order valence-corrected chi connectivity index (χ4v) is 8.94. The first-order chi connectivity index (χ1) is 28.3. The summed E-state index contributed by atoms with van der Waals surface area (Å²) in [5.74, 6) is 0. The van der Waals surface area contributed by atoms with Gasteiger partial charge in [-0.25, -0.2) is 0 Å². The van der Waals surface area contributed by atoms with E-state index in [1.165, 1.54) is 87.2 Å². The third kappa shape index (κ3) is 5.63. The van der Waals surface area contributed by atoms with Crippen LogP contribution >= 0.6 is 0 Å². The molecule has 11 aromatic rings. The molecular formula is C56H37N. The Morgan fingerprint density at radius 3 is 1.40 bits per heavy atom. The van der Waals surface area contributed by atoms with E-state index in [-0.39, 0.29) is 0 Å². The highest BCUT2D eigenvalue weighted by Crippen LogP contribution is 2.44. The Kier molecular flexibility index (Phi) is 7.89. The summed E-state index contributed by atoms with van der Waals surface area (Å²) in [6, 6.07) is 82.0. The van der Waals surface area contributed by atoms with Crippen molar-refractivity contribution in [2.24, 2.45) is 0 Å². The van der Waals surface area contributed by atoms with Gasteiger partial charge in [0.1, 0.15) is 0 Å². The van der Waals surface area contributed by atoms with E-state index >= 15 is 0 Å². The highest BCUT2D eigenvalue weighted by molar-refractivity contribution is 6.23. The number of rotatable bonds is 6. The maximum atomic E-state index is 2.41. The fourth-order valence-electron chi connectivity index (χ4n) is 8.94. The molecule has 0 radical (unpaired) electrons. The van der Waals surface area contributed by atoms with Gasteiger partial charge in [-0.1, -0.05) is 182 Å². The smallest absolute Gasteiger partial charge is 0.0540 e. The summed E-state index contributed by atoms with van der Waals surface area (Å²) < 4.78 is 0. The molecule has 0 atom stereocenters. The van der Waals surface area contributed by atoms with Crippen molar-refractivity contribution in [2.45, 2.75) is 0 Å². The molecule has 0 saturated carbocycles. The number of anilines is 3. The summed E-state index contributed by atoms with van der Waals surface area (Å²) in [6.45, 7) is 0. The average molecular weight is 724 g/mol. The molecule has 0 unspecified atom stereocenters. The number of hydrogen-bond donors (Lipinski definition) is 0. The van der Waals surface area contributed by atoms with Gasteiger partial charge in [0.2, 0.25) is 0 Å². The lowest BCUT2D eigenvalue weighted by atomic mass is 9.90. The Balaban J connectivity index is 1.08. The van der Waals surface area contributed by atoms with Gasteiger partial charge >= 0.3 is 0 Å².